The Labute approximate surface area is 269 Å². The molecule has 2 amide bonds. The van der Waals surface area contributed by atoms with Gasteiger partial charge < -0.3 is 34.5 Å². The van der Waals surface area contributed by atoms with E-state index in [4.69, 9.17) is 18.9 Å². The van der Waals surface area contributed by atoms with Crippen molar-refractivity contribution in [3.8, 4) is 28.9 Å². The number of fused-ring (bicyclic) bond motifs is 3. The van der Waals surface area contributed by atoms with Gasteiger partial charge in [0.15, 0.2) is 23.1 Å². The molecule has 0 radical (unpaired) electrons. The third kappa shape index (κ3) is 6.48. The molecule has 0 spiro atoms. The highest BCUT2D eigenvalue weighted by atomic mass is 19.1. The maximum Gasteiger partial charge on any atom is 0.240 e. The lowest BCUT2D eigenvalue weighted by molar-refractivity contribution is -0.131. The first kappa shape index (κ1) is 30.6. The summed E-state index contributed by atoms with van der Waals surface area (Å²) in [5.41, 5.74) is -0.298. The molecule has 0 unspecified atom stereocenters. The Bertz CT molecular complexity index is 1810. The molecule has 7 rings (SSSR count). The van der Waals surface area contributed by atoms with Crippen molar-refractivity contribution in [2.75, 3.05) is 50.1 Å². The molecule has 1 aliphatic carbocycles. The zero-order valence-corrected chi connectivity index (χ0v) is 25.5. The van der Waals surface area contributed by atoms with Gasteiger partial charge in [0.25, 0.3) is 0 Å². The second kappa shape index (κ2) is 13.0. The number of amides is 2. The summed E-state index contributed by atoms with van der Waals surface area (Å²) in [6, 6.07) is 10.9. The number of aromatic nitrogens is 2. The average Bonchev–Trinajstić information content (AvgIpc) is 3.74. The van der Waals surface area contributed by atoms with Crippen molar-refractivity contribution >= 4 is 34.1 Å². The summed E-state index contributed by atoms with van der Waals surface area (Å²) in [6.07, 6.45) is 5.31. The predicted octanol–water partition coefficient (Wildman–Crippen LogP) is 5.69. The van der Waals surface area contributed by atoms with E-state index in [9.17, 15) is 14.0 Å². The van der Waals surface area contributed by atoms with Crippen LogP contribution in [0.4, 0.5) is 20.2 Å². The molecule has 1 aromatic heterocycles. The van der Waals surface area contributed by atoms with Gasteiger partial charge in [0.05, 0.1) is 12.1 Å². The lowest BCUT2D eigenvalue weighted by Crippen LogP contribution is -2.35. The summed E-state index contributed by atoms with van der Waals surface area (Å²) in [4.78, 5) is 37.0. The molecule has 2 N–H and O–H groups in total. The highest BCUT2D eigenvalue weighted by Gasteiger charge is 2.56. The molecule has 3 heterocycles. The summed E-state index contributed by atoms with van der Waals surface area (Å²) < 4.78 is 52.5. The van der Waals surface area contributed by atoms with Crippen LogP contribution >= 0.6 is 0 Å². The Hall–Kier alpha value is -5.04. The quantitative estimate of drug-likeness (QED) is 0.156. The van der Waals surface area contributed by atoms with Gasteiger partial charge in [-0.15, -0.1) is 0 Å². The lowest BCUT2D eigenvalue weighted by Gasteiger charge is -2.23. The standard InChI is InChI=1S/C34H33F2N5O6/c35-21-4-6-22(7-5-21)39-32(42)34(10-11-34)33(43)40-23-8-9-26(24(36)18-23)47-31-28-25(37-20-38-31)19-27(29-30(28)46-17-16-45-29)44-15-3-14-41-12-1-2-13-41/h4-9,18-20H,1-3,10-17H2,(H,39,42)(H,40,43). The van der Waals surface area contributed by atoms with Gasteiger partial charge in [-0.2, -0.15) is 0 Å². The number of nitrogens with one attached hydrogen (secondary N) is 2. The number of carbonyl (C=O) groups excluding carboxylic acids is 2. The second-order valence-electron chi connectivity index (χ2n) is 11.8. The van der Waals surface area contributed by atoms with Crippen molar-refractivity contribution < 1.29 is 37.3 Å². The predicted molar refractivity (Wildman–Crippen MR) is 168 cm³/mol. The van der Waals surface area contributed by atoms with E-state index in [1.807, 2.05) is 0 Å². The Morgan fingerprint density at radius 3 is 2.30 bits per heavy atom. The summed E-state index contributed by atoms with van der Waals surface area (Å²) in [7, 11) is 0. The molecule has 0 bridgehead atoms. The van der Waals surface area contributed by atoms with Crippen LogP contribution in [0.5, 0.6) is 28.9 Å². The minimum atomic E-state index is -1.29. The molecule has 4 aromatic rings. The summed E-state index contributed by atoms with van der Waals surface area (Å²) in [5, 5.41) is 5.69. The van der Waals surface area contributed by atoms with Crippen molar-refractivity contribution in [3.63, 3.8) is 0 Å². The fourth-order valence-corrected chi connectivity index (χ4v) is 5.83. The van der Waals surface area contributed by atoms with E-state index >= 15 is 4.39 Å². The van der Waals surface area contributed by atoms with E-state index in [2.05, 4.69) is 25.5 Å². The molecule has 47 heavy (non-hydrogen) atoms. The van der Waals surface area contributed by atoms with Crippen LogP contribution in [0.15, 0.2) is 54.9 Å². The van der Waals surface area contributed by atoms with Gasteiger partial charge in [-0.3, -0.25) is 9.59 Å². The zero-order valence-electron chi connectivity index (χ0n) is 25.5. The molecular formula is C34H33F2N5O6. The summed E-state index contributed by atoms with van der Waals surface area (Å²) in [6.45, 7) is 4.35. The fraction of sp³-hybridized carbons (Fsp3) is 0.353. The van der Waals surface area contributed by atoms with Crippen molar-refractivity contribution in [3.05, 3.63) is 66.5 Å². The van der Waals surface area contributed by atoms with Crippen molar-refractivity contribution in [2.45, 2.75) is 32.1 Å². The molecule has 2 fully saturated rings. The van der Waals surface area contributed by atoms with Gasteiger partial charge in [-0.25, -0.2) is 18.7 Å². The topological polar surface area (TPSA) is 124 Å². The number of hydrogen-bond donors (Lipinski definition) is 2. The van der Waals surface area contributed by atoms with Gasteiger partial charge in [-0.1, -0.05) is 0 Å². The Morgan fingerprint density at radius 2 is 1.57 bits per heavy atom. The SMILES string of the molecule is O=C(Nc1ccc(F)cc1)C1(C(=O)Nc2ccc(Oc3ncnc4cc(OCCCN5CCCC5)c5c(c34)OCCO5)c(F)c2)CC1. The third-order valence-electron chi connectivity index (χ3n) is 8.54. The summed E-state index contributed by atoms with van der Waals surface area (Å²) in [5.74, 6) is -1.09. The Kier molecular flexibility index (Phi) is 8.46. The van der Waals surface area contributed by atoms with E-state index in [0.29, 0.717) is 66.5 Å². The third-order valence-corrected chi connectivity index (χ3v) is 8.54. The number of anilines is 2. The van der Waals surface area contributed by atoms with E-state index < -0.39 is 28.9 Å². The van der Waals surface area contributed by atoms with E-state index in [1.54, 1.807) is 6.07 Å². The van der Waals surface area contributed by atoms with E-state index in [0.717, 1.165) is 32.1 Å². The molecule has 1 saturated heterocycles. The Morgan fingerprint density at radius 1 is 0.872 bits per heavy atom. The largest absolute Gasteiger partial charge is 0.489 e. The van der Waals surface area contributed by atoms with Crippen LogP contribution in [-0.4, -0.2) is 66.1 Å². The lowest BCUT2D eigenvalue weighted by atomic mass is 10.0. The normalized spacial score (nSPS) is 16.5. The van der Waals surface area contributed by atoms with Crippen LogP contribution in [-0.2, 0) is 9.59 Å². The number of benzene rings is 3. The Balaban J connectivity index is 1.05. The van der Waals surface area contributed by atoms with Gasteiger partial charge in [-0.05, 0) is 81.6 Å². The minimum Gasteiger partial charge on any atom is -0.489 e. The number of likely N-dealkylation sites (tertiary alicyclic amines) is 1. The van der Waals surface area contributed by atoms with Crippen molar-refractivity contribution in [2.24, 2.45) is 5.41 Å². The maximum absolute atomic E-state index is 15.4. The minimum absolute atomic E-state index is 0.0578. The molecule has 3 aromatic carbocycles. The van der Waals surface area contributed by atoms with Gasteiger partial charge in [0.1, 0.15) is 36.2 Å². The van der Waals surface area contributed by atoms with Crippen LogP contribution in [0.2, 0.25) is 0 Å². The van der Waals surface area contributed by atoms with Crippen LogP contribution < -0.4 is 29.6 Å². The molecule has 2 aliphatic heterocycles. The molecule has 244 valence electrons. The first-order valence-electron chi connectivity index (χ1n) is 15.7. The number of halogens is 2. The highest BCUT2D eigenvalue weighted by Crippen LogP contribution is 2.49. The second-order valence-corrected chi connectivity index (χ2v) is 11.8. The number of hydrogen-bond acceptors (Lipinski definition) is 9. The smallest absolute Gasteiger partial charge is 0.240 e. The first-order valence-corrected chi connectivity index (χ1v) is 15.7. The number of ether oxygens (including phenoxy) is 4. The van der Waals surface area contributed by atoms with Crippen LogP contribution in [0.25, 0.3) is 10.9 Å². The molecule has 1 saturated carbocycles. The number of carbonyl (C=O) groups is 2. The molecule has 13 heteroatoms. The monoisotopic (exact) mass is 645 g/mol. The van der Waals surface area contributed by atoms with Gasteiger partial charge in [0.2, 0.25) is 23.4 Å². The molecular weight excluding hydrogens is 612 g/mol. The molecule has 0 atom stereocenters. The average molecular weight is 646 g/mol. The van der Waals surface area contributed by atoms with Crippen LogP contribution in [0.3, 0.4) is 0 Å². The first-order chi connectivity index (χ1) is 22.9. The molecule has 3 aliphatic rings. The summed E-state index contributed by atoms with van der Waals surface area (Å²) >= 11 is 0. The highest BCUT2D eigenvalue weighted by molar-refractivity contribution is 6.16. The van der Waals surface area contributed by atoms with E-state index in [-0.39, 0.29) is 17.3 Å². The fourth-order valence-electron chi connectivity index (χ4n) is 5.83. The maximum atomic E-state index is 15.4. The van der Waals surface area contributed by atoms with Crippen molar-refractivity contribution in [1.29, 1.82) is 0 Å². The van der Waals surface area contributed by atoms with Gasteiger partial charge >= 0.3 is 0 Å². The van der Waals surface area contributed by atoms with Crippen molar-refractivity contribution in [1.82, 2.24) is 14.9 Å². The zero-order chi connectivity index (χ0) is 32.4. The van der Waals surface area contributed by atoms with Crippen LogP contribution in [0, 0.1) is 17.0 Å². The van der Waals surface area contributed by atoms with E-state index in [1.165, 1.54) is 55.6 Å². The number of rotatable bonds is 11. The van der Waals surface area contributed by atoms with Crippen LogP contribution in [0.1, 0.15) is 32.1 Å². The van der Waals surface area contributed by atoms with Gasteiger partial charge in [0, 0.05) is 30.1 Å². The number of nitrogens with zero attached hydrogens (tertiary/aromatic N) is 3. The molecule has 11 nitrogen and oxygen atoms in total.